The van der Waals surface area contributed by atoms with E-state index >= 15 is 0 Å². The molecule has 2 N–H and O–H groups in total. The number of hydrogen-bond acceptors (Lipinski definition) is 3. The van der Waals surface area contributed by atoms with E-state index in [0.717, 1.165) is 11.3 Å². The van der Waals surface area contributed by atoms with Gasteiger partial charge in [-0.15, -0.1) is 0 Å². The maximum atomic E-state index is 11.9. The first-order chi connectivity index (χ1) is 11.1. The van der Waals surface area contributed by atoms with Gasteiger partial charge in [-0.25, -0.2) is 4.79 Å². The Morgan fingerprint density at radius 3 is 2.57 bits per heavy atom. The minimum Gasteiger partial charge on any atom is -0.494 e. The number of hydrogen-bond donors (Lipinski definition) is 2. The fraction of sp³-hybridized carbons (Fsp3) is 0.222. The Hall–Kier alpha value is -2.82. The van der Waals surface area contributed by atoms with E-state index in [1.165, 1.54) is 12.1 Å². The predicted molar refractivity (Wildman–Crippen MR) is 87.9 cm³/mol. The van der Waals surface area contributed by atoms with Crippen LogP contribution in [-0.2, 0) is 4.79 Å². The second-order valence-corrected chi connectivity index (χ2v) is 5.15. The van der Waals surface area contributed by atoms with E-state index in [1.54, 1.807) is 6.07 Å². The van der Waals surface area contributed by atoms with Gasteiger partial charge in [0, 0.05) is 12.1 Å². The first-order valence-corrected chi connectivity index (χ1v) is 7.38. The largest absolute Gasteiger partial charge is 0.494 e. The van der Waals surface area contributed by atoms with Crippen LogP contribution in [0, 0.1) is 6.92 Å². The van der Waals surface area contributed by atoms with Crippen LogP contribution < -0.4 is 10.1 Å². The fourth-order valence-electron chi connectivity index (χ4n) is 2.04. The van der Waals surface area contributed by atoms with Crippen LogP contribution in [-0.4, -0.2) is 23.6 Å². The number of amides is 1. The number of anilines is 1. The van der Waals surface area contributed by atoms with Crippen molar-refractivity contribution in [2.75, 3.05) is 11.9 Å². The van der Waals surface area contributed by atoms with Crippen LogP contribution >= 0.6 is 0 Å². The molecule has 0 saturated carbocycles. The number of carbonyl (C=O) groups excluding carboxylic acids is 1. The van der Waals surface area contributed by atoms with Crippen LogP contribution in [0.25, 0.3) is 0 Å². The molecule has 120 valence electrons. The van der Waals surface area contributed by atoms with Crippen LogP contribution in [0.5, 0.6) is 5.75 Å². The molecule has 0 fully saturated rings. The molecule has 5 nitrogen and oxygen atoms in total. The van der Waals surface area contributed by atoms with E-state index in [2.05, 4.69) is 5.32 Å². The van der Waals surface area contributed by atoms with Crippen molar-refractivity contribution in [1.29, 1.82) is 0 Å². The Labute approximate surface area is 134 Å². The Balaban J connectivity index is 1.81. The van der Waals surface area contributed by atoms with E-state index < -0.39 is 5.97 Å². The molecule has 2 aromatic carbocycles. The van der Waals surface area contributed by atoms with Gasteiger partial charge in [-0.1, -0.05) is 24.3 Å². The zero-order chi connectivity index (χ0) is 16.7. The number of aromatic carboxylic acids is 1. The molecule has 23 heavy (non-hydrogen) atoms. The summed E-state index contributed by atoms with van der Waals surface area (Å²) in [5.74, 6) is -0.401. The van der Waals surface area contributed by atoms with Crippen molar-refractivity contribution in [3.8, 4) is 5.75 Å². The first-order valence-electron chi connectivity index (χ1n) is 7.38. The fourth-order valence-corrected chi connectivity index (χ4v) is 2.04. The average Bonchev–Trinajstić information content (AvgIpc) is 2.54. The summed E-state index contributed by atoms with van der Waals surface area (Å²) in [4.78, 5) is 22.9. The molecule has 0 bridgehead atoms. The normalized spacial score (nSPS) is 10.1. The van der Waals surface area contributed by atoms with Gasteiger partial charge in [0.15, 0.2) is 0 Å². The maximum Gasteiger partial charge on any atom is 0.335 e. The Kier molecular flexibility index (Phi) is 5.74. The van der Waals surface area contributed by atoms with Crippen LogP contribution in [0.3, 0.4) is 0 Å². The predicted octanol–water partition coefficient (Wildman–Crippen LogP) is 3.49. The smallest absolute Gasteiger partial charge is 0.335 e. The molecule has 0 radical (unpaired) electrons. The van der Waals surface area contributed by atoms with Gasteiger partial charge in [-0.3, -0.25) is 4.79 Å². The third kappa shape index (κ3) is 5.14. The highest BCUT2D eigenvalue weighted by Crippen LogP contribution is 2.17. The van der Waals surface area contributed by atoms with Crippen LogP contribution in [0.15, 0.2) is 48.5 Å². The highest BCUT2D eigenvalue weighted by molar-refractivity contribution is 5.94. The summed E-state index contributed by atoms with van der Waals surface area (Å²) in [5, 5.41) is 11.7. The molecule has 0 heterocycles. The minimum atomic E-state index is -1.02. The van der Waals surface area contributed by atoms with E-state index in [-0.39, 0.29) is 11.5 Å². The number of carbonyl (C=O) groups is 2. The van der Waals surface area contributed by atoms with E-state index in [4.69, 9.17) is 9.84 Å². The summed E-state index contributed by atoms with van der Waals surface area (Å²) >= 11 is 0. The molecule has 0 unspecified atom stereocenters. The molecule has 0 aromatic heterocycles. The van der Waals surface area contributed by atoms with Crippen molar-refractivity contribution in [3.05, 3.63) is 59.7 Å². The van der Waals surface area contributed by atoms with E-state index in [9.17, 15) is 9.59 Å². The minimum absolute atomic E-state index is 0.151. The number of rotatable bonds is 7. The van der Waals surface area contributed by atoms with E-state index in [0.29, 0.717) is 25.1 Å². The van der Waals surface area contributed by atoms with Gasteiger partial charge in [0.2, 0.25) is 5.91 Å². The molecule has 0 spiro atoms. The number of nitrogens with one attached hydrogen (secondary N) is 1. The Morgan fingerprint density at radius 2 is 1.87 bits per heavy atom. The summed E-state index contributed by atoms with van der Waals surface area (Å²) in [6.45, 7) is 2.27. The lowest BCUT2D eigenvalue weighted by molar-refractivity contribution is -0.116. The van der Waals surface area contributed by atoms with Gasteiger partial charge in [0.25, 0.3) is 0 Å². The third-order valence-electron chi connectivity index (χ3n) is 3.32. The molecule has 0 aliphatic rings. The molecule has 0 aliphatic heterocycles. The lowest BCUT2D eigenvalue weighted by Gasteiger charge is -2.10. The maximum absolute atomic E-state index is 11.9. The standard InChI is InChI=1S/C18H19NO4/c1-13-9-10-14(18(21)22)12-16(13)19-17(20)8-5-11-23-15-6-3-2-4-7-15/h2-4,6-7,9-10,12H,5,8,11H2,1H3,(H,19,20)(H,21,22). The summed E-state index contributed by atoms with van der Waals surface area (Å²) in [6.07, 6.45) is 0.891. The number of carboxylic acids is 1. The SMILES string of the molecule is Cc1ccc(C(=O)O)cc1NC(=O)CCCOc1ccccc1. The molecular formula is C18H19NO4. The highest BCUT2D eigenvalue weighted by atomic mass is 16.5. The van der Waals surface area contributed by atoms with Gasteiger partial charge in [0.1, 0.15) is 5.75 Å². The van der Waals surface area contributed by atoms with Gasteiger partial charge in [0.05, 0.1) is 12.2 Å². The summed E-state index contributed by atoms with van der Waals surface area (Å²) < 4.78 is 5.52. The van der Waals surface area contributed by atoms with Crippen LogP contribution in [0.4, 0.5) is 5.69 Å². The van der Waals surface area contributed by atoms with Crippen molar-refractivity contribution >= 4 is 17.6 Å². The van der Waals surface area contributed by atoms with Gasteiger partial charge in [-0.05, 0) is 43.2 Å². The second kappa shape index (κ2) is 7.98. The quantitative estimate of drug-likeness (QED) is 0.767. The molecule has 1 amide bonds. The molecule has 0 aliphatic carbocycles. The second-order valence-electron chi connectivity index (χ2n) is 5.15. The third-order valence-corrected chi connectivity index (χ3v) is 3.32. The first kappa shape index (κ1) is 16.5. The van der Waals surface area contributed by atoms with Crippen molar-refractivity contribution in [1.82, 2.24) is 0 Å². The zero-order valence-corrected chi connectivity index (χ0v) is 12.9. The van der Waals surface area contributed by atoms with Crippen molar-refractivity contribution < 1.29 is 19.4 Å². The average molecular weight is 313 g/mol. The summed E-state index contributed by atoms with van der Waals surface area (Å²) in [6, 6.07) is 14.1. The van der Waals surface area contributed by atoms with Crippen molar-refractivity contribution in [2.45, 2.75) is 19.8 Å². The number of para-hydroxylation sites is 1. The van der Waals surface area contributed by atoms with Gasteiger partial charge < -0.3 is 15.2 Å². The van der Waals surface area contributed by atoms with Crippen LogP contribution in [0.2, 0.25) is 0 Å². The number of ether oxygens (including phenoxy) is 1. The molecule has 0 saturated heterocycles. The van der Waals surface area contributed by atoms with Gasteiger partial charge >= 0.3 is 5.97 Å². The molecule has 5 heteroatoms. The lowest BCUT2D eigenvalue weighted by Crippen LogP contribution is -2.14. The Morgan fingerprint density at radius 1 is 1.13 bits per heavy atom. The van der Waals surface area contributed by atoms with Gasteiger partial charge in [-0.2, -0.15) is 0 Å². The van der Waals surface area contributed by atoms with Crippen molar-refractivity contribution in [3.63, 3.8) is 0 Å². The zero-order valence-electron chi connectivity index (χ0n) is 12.9. The molecule has 2 rings (SSSR count). The summed E-state index contributed by atoms with van der Waals surface area (Å²) in [5.41, 5.74) is 1.50. The number of aryl methyl sites for hydroxylation is 1. The Bertz CT molecular complexity index is 683. The summed E-state index contributed by atoms with van der Waals surface area (Å²) in [7, 11) is 0. The number of carboxylic acid groups (broad SMARTS) is 1. The van der Waals surface area contributed by atoms with E-state index in [1.807, 2.05) is 37.3 Å². The molecule has 0 atom stereocenters. The highest BCUT2D eigenvalue weighted by Gasteiger charge is 2.09. The number of benzene rings is 2. The van der Waals surface area contributed by atoms with Crippen LogP contribution in [0.1, 0.15) is 28.8 Å². The molecular weight excluding hydrogens is 294 g/mol. The van der Waals surface area contributed by atoms with Crippen molar-refractivity contribution in [2.24, 2.45) is 0 Å². The molecule has 2 aromatic rings. The monoisotopic (exact) mass is 313 g/mol. The topological polar surface area (TPSA) is 75.6 Å². The lowest BCUT2D eigenvalue weighted by atomic mass is 10.1.